The number of aromatic nitrogens is 1. The van der Waals surface area contributed by atoms with Gasteiger partial charge in [0.15, 0.2) is 11.5 Å². The summed E-state index contributed by atoms with van der Waals surface area (Å²) >= 11 is 0. The third-order valence-electron chi connectivity index (χ3n) is 3.39. The largest absolute Gasteiger partial charge is 0.355 e. The minimum Gasteiger partial charge on any atom is -0.355 e. The van der Waals surface area contributed by atoms with Gasteiger partial charge in [-0.05, 0) is 24.1 Å². The predicted octanol–water partition coefficient (Wildman–Crippen LogP) is 3.45. The van der Waals surface area contributed by atoms with E-state index in [1.54, 1.807) is 12.1 Å². The fourth-order valence-corrected chi connectivity index (χ4v) is 2.22. The van der Waals surface area contributed by atoms with Crippen molar-refractivity contribution in [3.63, 3.8) is 0 Å². The number of hydrogen-bond donors (Lipinski definition) is 1. The van der Waals surface area contributed by atoms with Crippen LogP contribution in [0.1, 0.15) is 16.1 Å². The van der Waals surface area contributed by atoms with Crippen LogP contribution >= 0.6 is 0 Å². The van der Waals surface area contributed by atoms with Gasteiger partial charge in [-0.3, -0.25) is 4.79 Å². The van der Waals surface area contributed by atoms with Crippen molar-refractivity contribution < 1.29 is 13.7 Å². The van der Waals surface area contributed by atoms with Gasteiger partial charge in [0.2, 0.25) is 0 Å². The topological polar surface area (TPSA) is 55.1 Å². The molecular formula is C18H15FN2O2. The molecule has 2 aromatic carbocycles. The van der Waals surface area contributed by atoms with Crippen molar-refractivity contribution in [2.24, 2.45) is 0 Å². The molecule has 0 saturated heterocycles. The minimum atomic E-state index is -0.313. The Morgan fingerprint density at radius 3 is 2.70 bits per heavy atom. The molecule has 0 aliphatic rings. The van der Waals surface area contributed by atoms with Gasteiger partial charge in [-0.25, -0.2) is 4.39 Å². The molecule has 1 N–H and O–H groups in total. The lowest BCUT2D eigenvalue weighted by Crippen LogP contribution is -2.25. The maximum atomic E-state index is 13.1. The number of carbonyl (C=O) groups is 1. The van der Waals surface area contributed by atoms with Crippen LogP contribution in [0.5, 0.6) is 0 Å². The molecule has 3 aromatic rings. The van der Waals surface area contributed by atoms with Gasteiger partial charge >= 0.3 is 0 Å². The van der Waals surface area contributed by atoms with Crippen LogP contribution < -0.4 is 5.32 Å². The van der Waals surface area contributed by atoms with E-state index >= 15 is 0 Å². The lowest BCUT2D eigenvalue weighted by atomic mass is 10.1. The van der Waals surface area contributed by atoms with Crippen LogP contribution in [0, 0.1) is 5.82 Å². The molecule has 0 saturated carbocycles. The zero-order chi connectivity index (χ0) is 16.1. The number of hydrogen-bond acceptors (Lipinski definition) is 3. The maximum Gasteiger partial charge on any atom is 0.273 e. The predicted molar refractivity (Wildman–Crippen MR) is 84.4 cm³/mol. The van der Waals surface area contributed by atoms with E-state index in [2.05, 4.69) is 10.5 Å². The standard InChI is InChI=1S/C18H15FN2O2/c19-15-8-4-5-13(11-15)9-10-20-18(22)16-12-17(23-21-16)14-6-2-1-3-7-14/h1-8,11-12H,9-10H2,(H,20,22). The Hall–Kier alpha value is -2.95. The first-order chi connectivity index (χ1) is 11.2. The van der Waals surface area contributed by atoms with Crippen molar-refractivity contribution in [3.8, 4) is 11.3 Å². The summed E-state index contributed by atoms with van der Waals surface area (Å²) < 4.78 is 18.3. The molecule has 5 heteroatoms. The highest BCUT2D eigenvalue weighted by Crippen LogP contribution is 2.19. The fraction of sp³-hybridized carbons (Fsp3) is 0.111. The molecule has 23 heavy (non-hydrogen) atoms. The summed E-state index contributed by atoms with van der Waals surface area (Å²) in [6.45, 7) is 0.399. The van der Waals surface area contributed by atoms with Crippen LogP contribution in [0.25, 0.3) is 11.3 Å². The Morgan fingerprint density at radius 2 is 1.91 bits per heavy atom. The van der Waals surface area contributed by atoms with Gasteiger partial charge in [-0.1, -0.05) is 47.6 Å². The normalized spacial score (nSPS) is 10.5. The molecule has 0 aliphatic heterocycles. The van der Waals surface area contributed by atoms with Gasteiger partial charge in [-0.2, -0.15) is 0 Å². The summed E-state index contributed by atoms with van der Waals surface area (Å²) in [7, 11) is 0. The highest BCUT2D eigenvalue weighted by atomic mass is 19.1. The molecule has 1 heterocycles. The Balaban J connectivity index is 1.58. The van der Waals surface area contributed by atoms with Crippen LogP contribution in [0.15, 0.2) is 65.2 Å². The number of carbonyl (C=O) groups excluding carboxylic acids is 1. The van der Waals surface area contributed by atoms with Crippen LogP contribution in [-0.4, -0.2) is 17.6 Å². The van der Waals surface area contributed by atoms with E-state index in [0.717, 1.165) is 11.1 Å². The van der Waals surface area contributed by atoms with E-state index in [0.29, 0.717) is 18.7 Å². The molecule has 3 rings (SSSR count). The van der Waals surface area contributed by atoms with E-state index in [-0.39, 0.29) is 17.4 Å². The molecule has 0 atom stereocenters. The van der Waals surface area contributed by atoms with Crippen molar-refractivity contribution in [2.45, 2.75) is 6.42 Å². The van der Waals surface area contributed by atoms with Gasteiger partial charge in [0.05, 0.1) is 0 Å². The van der Waals surface area contributed by atoms with E-state index in [1.165, 1.54) is 12.1 Å². The molecule has 0 aliphatic carbocycles. The summed E-state index contributed by atoms with van der Waals surface area (Å²) in [4.78, 5) is 12.0. The van der Waals surface area contributed by atoms with Crippen molar-refractivity contribution in [1.29, 1.82) is 0 Å². The van der Waals surface area contributed by atoms with Gasteiger partial charge in [0, 0.05) is 18.2 Å². The zero-order valence-corrected chi connectivity index (χ0v) is 12.3. The fourth-order valence-electron chi connectivity index (χ4n) is 2.22. The first-order valence-corrected chi connectivity index (χ1v) is 7.27. The number of nitrogens with one attached hydrogen (secondary N) is 1. The lowest BCUT2D eigenvalue weighted by Gasteiger charge is -2.03. The molecule has 0 spiro atoms. The Labute approximate surface area is 132 Å². The van der Waals surface area contributed by atoms with E-state index in [9.17, 15) is 9.18 Å². The third-order valence-corrected chi connectivity index (χ3v) is 3.39. The van der Waals surface area contributed by atoms with E-state index in [1.807, 2.05) is 36.4 Å². The highest BCUT2D eigenvalue weighted by Gasteiger charge is 2.13. The molecular weight excluding hydrogens is 295 g/mol. The van der Waals surface area contributed by atoms with Crippen LogP contribution in [0.3, 0.4) is 0 Å². The molecule has 0 unspecified atom stereocenters. The average Bonchev–Trinajstić information content (AvgIpc) is 3.06. The van der Waals surface area contributed by atoms with Crippen LogP contribution in [0.4, 0.5) is 4.39 Å². The highest BCUT2D eigenvalue weighted by molar-refractivity contribution is 5.93. The molecule has 0 bridgehead atoms. The van der Waals surface area contributed by atoms with Crippen molar-refractivity contribution in [2.75, 3.05) is 6.54 Å². The summed E-state index contributed by atoms with van der Waals surface area (Å²) in [5, 5.41) is 6.53. The molecule has 0 fully saturated rings. The maximum absolute atomic E-state index is 13.1. The first-order valence-electron chi connectivity index (χ1n) is 7.27. The molecule has 116 valence electrons. The Morgan fingerprint density at radius 1 is 1.09 bits per heavy atom. The third kappa shape index (κ3) is 3.83. The number of nitrogens with zero attached hydrogens (tertiary/aromatic N) is 1. The SMILES string of the molecule is O=C(NCCc1cccc(F)c1)c1cc(-c2ccccc2)on1. The van der Waals surface area contributed by atoms with Crippen molar-refractivity contribution in [3.05, 3.63) is 77.7 Å². The number of halogens is 1. The average molecular weight is 310 g/mol. The second-order valence-corrected chi connectivity index (χ2v) is 5.08. The van der Waals surface area contributed by atoms with Crippen LogP contribution in [-0.2, 0) is 6.42 Å². The second kappa shape index (κ2) is 6.87. The van der Waals surface area contributed by atoms with Gasteiger partial charge in [0.1, 0.15) is 5.82 Å². The summed E-state index contributed by atoms with van der Waals surface area (Å²) in [6, 6.07) is 17.4. The molecule has 4 nitrogen and oxygen atoms in total. The lowest BCUT2D eigenvalue weighted by molar-refractivity contribution is 0.0945. The number of rotatable bonds is 5. The monoisotopic (exact) mass is 310 g/mol. The van der Waals surface area contributed by atoms with Gasteiger partial charge in [0.25, 0.3) is 5.91 Å². The Bertz CT molecular complexity index is 800. The first kappa shape index (κ1) is 15.0. The number of amides is 1. The summed E-state index contributed by atoms with van der Waals surface area (Å²) in [5.41, 5.74) is 1.91. The van der Waals surface area contributed by atoms with E-state index < -0.39 is 0 Å². The van der Waals surface area contributed by atoms with Crippen molar-refractivity contribution >= 4 is 5.91 Å². The number of benzene rings is 2. The smallest absolute Gasteiger partial charge is 0.273 e. The minimum absolute atomic E-state index is 0.225. The Kier molecular flexibility index (Phi) is 4.47. The summed E-state index contributed by atoms with van der Waals surface area (Å²) in [6.07, 6.45) is 0.549. The van der Waals surface area contributed by atoms with Crippen molar-refractivity contribution in [1.82, 2.24) is 10.5 Å². The zero-order valence-electron chi connectivity index (χ0n) is 12.3. The summed E-state index contributed by atoms with van der Waals surface area (Å²) in [5.74, 6) is -0.0500. The van der Waals surface area contributed by atoms with Gasteiger partial charge in [-0.15, -0.1) is 0 Å². The quantitative estimate of drug-likeness (QED) is 0.785. The van der Waals surface area contributed by atoms with Crippen LogP contribution in [0.2, 0.25) is 0 Å². The second-order valence-electron chi connectivity index (χ2n) is 5.08. The van der Waals surface area contributed by atoms with E-state index in [4.69, 9.17) is 4.52 Å². The van der Waals surface area contributed by atoms with Gasteiger partial charge < -0.3 is 9.84 Å². The molecule has 0 radical (unpaired) electrons. The molecule has 1 aromatic heterocycles. The molecule has 1 amide bonds.